The van der Waals surface area contributed by atoms with Crippen LogP contribution < -0.4 is 11.1 Å². The number of unbranched alkanes of at least 4 members (excludes halogenated alkanes) is 1. The lowest BCUT2D eigenvalue weighted by Gasteiger charge is -2.30. The van der Waals surface area contributed by atoms with Crippen LogP contribution in [0.4, 0.5) is 0 Å². The van der Waals surface area contributed by atoms with Gasteiger partial charge in [0, 0.05) is 32.6 Å². The van der Waals surface area contributed by atoms with E-state index >= 15 is 0 Å². The summed E-state index contributed by atoms with van der Waals surface area (Å²) in [5, 5.41) is 13.0. The highest BCUT2D eigenvalue weighted by molar-refractivity contribution is 5.86. The second-order valence-corrected chi connectivity index (χ2v) is 6.22. The Morgan fingerprint density at radius 3 is 2.68 bits per heavy atom. The third kappa shape index (κ3) is 6.60. The van der Waals surface area contributed by atoms with Gasteiger partial charge < -0.3 is 20.9 Å². The van der Waals surface area contributed by atoms with Gasteiger partial charge in [0.25, 0.3) is 0 Å². The van der Waals surface area contributed by atoms with E-state index in [2.05, 4.69) is 17.1 Å². The molecule has 0 spiro atoms. The fourth-order valence-corrected chi connectivity index (χ4v) is 2.69. The van der Waals surface area contributed by atoms with Crippen LogP contribution in [0.25, 0.3) is 0 Å². The molecule has 6 nitrogen and oxygen atoms in total. The Morgan fingerprint density at radius 1 is 1.41 bits per heavy atom. The number of nitrogens with one attached hydrogen (secondary N) is 1. The van der Waals surface area contributed by atoms with Gasteiger partial charge in [0.15, 0.2) is 0 Å². The first-order chi connectivity index (χ1) is 10.5. The fourth-order valence-electron chi connectivity index (χ4n) is 2.69. The van der Waals surface area contributed by atoms with Crippen molar-refractivity contribution in [2.75, 3.05) is 39.4 Å². The topological polar surface area (TPSA) is 87.8 Å². The number of aliphatic hydroxyl groups is 1. The molecule has 0 saturated carbocycles. The normalized spacial score (nSPS) is 20.4. The number of nitrogens with zero attached hydrogens (tertiary/aromatic N) is 1. The average molecular weight is 315 g/mol. The fraction of sp³-hybridized carbons (Fsp3) is 0.938. The highest BCUT2D eigenvalue weighted by Crippen LogP contribution is 2.18. The Hall–Kier alpha value is -0.690. The van der Waals surface area contributed by atoms with Crippen molar-refractivity contribution >= 4 is 5.91 Å². The van der Waals surface area contributed by atoms with E-state index in [0.29, 0.717) is 25.8 Å². The Morgan fingerprint density at radius 2 is 2.09 bits per heavy atom. The van der Waals surface area contributed by atoms with E-state index in [9.17, 15) is 9.90 Å². The first-order valence-electron chi connectivity index (χ1n) is 8.57. The zero-order valence-corrected chi connectivity index (χ0v) is 14.1. The van der Waals surface area contributed by atoms with Gasteiger partial charge in [0.1, 0.15) is 0 Å². The summed E-state index contributed by atoms with van der Waals surface area (Å²) in [6.07, 6.45) is 3.05. The van der Waals surface area contributed by atoms with Crippen molar-refractivity contribution in [1.29, 1.82) is 0 Å². The first-order valence-corrected chi connectivity index (χ1v) is 8.57. The minimum absolute atomic E-state index is 0.154. The van der Waals surface area contributed by atoms with E-state index in [1.54, 1.807) is 0 Å². The summed E-state index contributed by atoms with van der Waals surface area (Å²) in [7, 11) is 0. The Kier molecular flexibility index (Phi) is 8.93. The lowest BCUT2D eigenvalue weighted by molar-refractivity contribution is -0.127. The maximum absolute atomic E-state index is 12.4. The van der Waals surface area contributed by atoms with Crippen LogP contribution >= 0.6 is 0 Å². The van der Waals surface area contributed by atoms with E-state index in [1.165, 1.54) is 0 Å². The lowest BCUT2D eigenvalue weighted by Crippen LogP contribution is -2.56. The molecule has 6 heteroatoms. The van der Waals surface area contributed by atoms with Crippen LogP contribution in [0.5, 0.6) is 0 Å². The van der Waals surface area contributed by atoms with E-state index < -0.39 is 11.6 Å². The van der Waals surface area contributed by atoms with Crippen molar-refractivity contribution in [3.63, 3.8) is 0 Å². The number of carbonyl (C=O) groups excluding carboxylic acids is 1. The molecule has 1 heterocycles. The number of ether oxygens (including phenoxy) is 1. The quantitative estimate of drug-likeness (QED) is 0.546. The molecule has 1 aliphatic rings. The van der Waals surface area contributed by atoms with E-state index in [-0.39, 0.29) is 5.91 Å². The molecule has 0 radical (unpaired) electrons. The van der Waals surface area contributed by atoms with Crippen molar-refractivity contribution in [1.82, 2.24) is 10.2 Å². The van der Waals surface area contributed by atoms with Gasteiger partial charge >= 0.3 is 0 Å². The van der Waals surface area contributed by atoms with Crippen LogP contribution in [0.2, 0.25) is 0 Å². The number of carbonyl (C=O) groups is 1. The number of rotatable bonds is 10. The van der Waals surface area contributed by atoms with Crippen LogP contribution in [0, 0.1) is 0 Å². The van der Waals surface area contributed by atoms with E-state index in [4.69, 9.17) is 10.5 Å². The molecule has 1 amide bonds. The van der Waals surface area contributed by atoms with Gasteiger partial charge in [-0.2, -0.15) is 0 Å². The minimum Gasteiger partial charge on any atom is -0.393 e. The largest absolute Gasteiger partial charge is 0.393 e. The molecule has 1 aliphatic heterocycles. The van der Waals surface area contributed by atoms with Crippen molar-refractivity contribution in [2.45, 2.75) is 57.6 Å². The summed E-state index contributed by atoms with van der Waals surface area (Å²) in [6, 6.07) is 0. The molecule has 130 valence electrons. The monoisotopic (exact) mass is 315 g/mol. The summed E-state index contributed by atoms with van der Waals surface area (Å²) in [5.41, 5.74) is 5.25. The predicted molar refractivity (Wildman–Crippen MR) is 87.6 cm³/mol. The molecule has 0 aromatic heterocycles. The second-order valence-electron chi connectivity index (χ2n) is 6.22. The molecule has 22 heavy (non-hydrogen) atoms. The maximum Gasteiger partial charge on any atom is 0.240 e. The van der Waals surface area contributed by atoms with Crippen LogP contribution in [0.15, 0.2) is 0 Å². The predicted octanol–water partition coefficient (Wildman–Crippen LogP) is 0.484. The molecule has 1 rings (SSSR count). The van der Waals surface area contributed by atoms with Gasteiger partial charge in [0.05, 0.1) is 24.9 Å². The molecule has 0 aromatic carbocycles. The Balaban J connectivity index is 2.34. The zero-order chi connectivity index (χ0) is 16.4. The van der Waals surface area contributed by atoms with E-state index in [0.717, 1.165) is 45.7 Å². The van der Waals surface area contributed by atoms with Crippen LogP contribution in [-0.4, -0.2) is 66.9 Å². The average Bonchev–Trinajstić information content (AvgIpc) is 2.53. The number of hydrogen-bond donors (Lipinski definition) is 3. The first kappa shape index (κ1) is 19.4. The molecule has 1 saturated heterocycles. The summed E-state index contributed by atoms with van der Waals surface area (Å²) < 4.78 is 5.30. The van der Waals surface area contributed by atoms with Crippen molar-refractivity contribution in [2.24, 2.45) is 5.73 Å². The minimum atomic E-state index is -0.974. The molecule has 0 bridgehead atoms. The van der Waals surface area contributed by atoms with Crippen molar-refractivity contribution in [3.8, 4) is 0 Å². The highest BCUT2D eigenvalue weighted by Gasteiger charge is 2.34. The van der Waals surface area contributed by atoms with Gasteiger partial charge in [-0.1, -0.05) is 26.7 Å². The van der Waals surface area contributed by atoms with Crippen molar-refractivity contribution in [3.05, 3.63) is 0 Å². The van der Waals surface area contributed by atoms with Crippen molar-refractivity contribution < 1.29 is 14.6 Å². The molecule has 0 aliphatic carbocycles. The van der Waals surface area contributed by atoms with Crippen LogP contribution in [-0.2, 0) is 9.53 Å². The third-order valence-electron chi connectivity index (χ3n) is 4.39. The van der Waals surface area contributed by atoms with Gasteiger partial charge in [-0.05, 0) is 12.8 Å². The standard InChI is InChI=1S/C16H33N3O3/c1-3-5-6-14(20)13-16(17,4-2)15(21)18-7-8-19-9-11-22-12-10-19/h14,20H,3-13,17H2,1-2H3,(H,18,21)/t14-,16?/m0/s1. The SMILES string of the molecule is CCCC[C@H](O)CC(N)(CC)C(=O)NCCN1CCOCC1. The summed E-state index contributed by atoms with van der Waals surface area (Å²) in [5.74, 6) is -0.154. The number of morpholine rings is 1. The molecule has 0 aromatic rings. The summed E-state index contributed by atoms with van der Waals surface area (Å²) in [6.45, 7) is 8.71. The van der Waals surface area contributed by atoms with E-state index in [1.807, 2.05) is 6.92 Å². The maximum atomic E-state index is 12.4. The molecular formula is C16H33N3O3. The van der Waals surface area contributed by atoms with Gasteiger partial charge in [0.2, 0.25) is 5.91 Å². The summed E-state index contributed by atoms with van der Waals surface area (Å²) >= 11 is 0. The highest BCUT2D eigenvalue weighted by atomic mass is 16.5. The third-order valence-corrected chi connectivity index (χ3v) is 4.39. The Bertz CT molecular complexity index is 322. The number of amides is 1. The number of nitrogens with two attached hydrogens (primary N) is 1. The molecule has 2 atom stereocenters. The smallest absolute Gasteiger partial charge is 0.240 e. The molecule has 4 N–H and O–H groups in total. The van der Waals surface area contributed by atoms with Gasteiger partial charge in [-0.25, -0.2) is 0 Å². The molecular weight excluding hydrogens is 282 g/mol. The van der Waals surface area contributed by atoms with Gasteiger partial charge in [-0.3, -0.25) is 9.69 Å². The Labute approximate surface area is 134 Å². The molecule has 1 unspecified atom stereocenters. The van der Waals surface area contributed by atoms with Gasteiger partial charge in [-0.15, -0.1) is 0 Å². The van der Waals surface area contributed by atoms with Crippen LogP contribution in [0.1, 0.15) is 46.0 Å². The number of hydrogen-bond acceptors (Lipinski definition) is 5. The lowest BCUT2D eigenvalue weighted by atomic mass is 9.88. The second kappa shape index (κ2) is 10.2. The van der Waals surface area contributed by atoms with Crippen LogP contribution in [0.3, 0.4) is 0 Å². The number of aliphatic hydroxyl groups excluding tert-OH is 1. The zero-order valence-electron chi connectivity index (χ0n) is 14.1. The summed E-state index contributed by atoms with van der Waals surface area (Å²) in [4.78, 5) is 14.6. The molecule has 1 fully saturated rings.